The first-order valence-electron chi connectivity index (χ1n) is 6.33. The molecule has 0 unspecified atom stereocenters. The van der Waals surface area contributed by atoms with E-state index in [9.17, 15) is 13.2 Å². The van der Waals surface area contributed by atoms with Crippen molar-refractivity contribution in [1.82, 2.24) is 10.2 Å². The van der Waals surface area contributed by atoms with Crippen molar-refractivity contribution >= 4 is 52.3 Å². The molecule has 0 spiro atoms. The van der Waals surface area contributed by atoms with Gasteiger partial charge in [0.2, 0.25) is 0 Å². The lowest BCUT2D eigenvalue weighted by Crippen LogP contribution is -2.46. The first kappa shape index (κ1) is 22.3. The van der Waals surface area contributed by atoms with Gasteiger partial charge in [-0.3, -0.25) is 4.90 Å². The average molecular weight is 445 g/mol. The van der Waals surface area contributed by atoms with Gasteiger partial charge in [0, 0.05) is 41.7 Å². The summed E-state index contributed by atoms with van der Waals surface area (Å²) in [5.74, 6) is 0. The van der Waals surface area contributed by atoms with Gasteiger partial charge in [-0.25, -0.2) is 0 Å². The maximum absolute atomic E-state index is 12.9. The summed E-state index contributed by atoms with van der Waals surface area (Å²) < 4.78 is 39.3. The standard InChI is InChI=1S/C13H15BrClF3N2.2ClH/c14-11-2-1-9(15)7-10(11)12(8-13(16,17)18)20-5-3-19-4-6-20;;/h1-2,7,12,19H,3-6,8H2;2*1H/t12-;;/m1../s1. The third-order valence-electron chi connectivity index (χ3n) is 3.33. The van der Waals surface area contributed by atoms with Crippen molar-refractivity contribution in [2.24, 2.45) is 0 Å². The van der Waals surface area contributed by atoms with E-state index in [1.165, 1.54) is 0 Å². The van der Waals surface area contributed by atoms with E-state index >= 15 is 0 Å². The van der Waals surface area contributed by atoms with Crippen molar-refractivity contribution in [2.75, 3.05) is 26.2 Å². The quantitative estimate of drug-likeness (QED) is 0.718. The molecule has 128 valence electrons. The van der Waals surface area contributed by atoms with Gasteiger partial charge in [0.25, 0.3) is 0 Å². The average Bonchev–Trinajstić information content (AvgIpc) is 2.39. The van der Waals surface area contributed by atoms with E-state index in [0.29, 0.717) is 41.2 Å². The Morgan fingerprint density at radius 3 is 2.36 bits per heavy atom. The van der Waals surface area contributed by atoms with Gasteiger partial charge < -0.3 is 5.32 Å². The van der Waals surface area contributed by atoms with Crippen molar-refractivity contribution in [3.8, 4) is 0 Å². The van der Waals surface area contributed by atoms with Gasteiger partial charge in [-0.15, -0.1) is 24.8 Å². The lowest BCUT2D eigenvalue weighted by atomic mass is 10.0. The van der Waals surface area contributed by atoms with Crippen molar-refractivity contribution < 1.29 is 13.2 Å². The van der Waals surface area contributed by atoms with Crippen LogP contribution in [0.5, 0.6) is 0 Å². The van der Waals surface area contributed by atoms with Crippen LogP contribution in [0.2, 0.25) is 5.02 Å². The van der Waals surface area contributed by atoms with Crippen LogP contribution in [0, 0.1) is 0 Å². The molecule has 0 radical (unpaired) electrons. The lowest BCUT2D eigenvalue weighted by molar-refractivity contribution is -0.148. The lowest BCUT2D eigenvalue weighted by Gasteiger charge is -2.36. The summed E-state index contributed by atoms with van der Waals surface area (Å²) in [7, 11) is 0. The molecule has 0 aliphatic carbocycles. The van der Waals surface area contributed by atoms with E-state index in [4.69, 9.17) is 11.6 Å². The Labute approximate surface area is 153 Å². The summed E-state index contributed by atoms with van der Waals surface area (Å²) in [6.45, 7) is 2.60. The zero-order valence-electron chi connectivity index (χ0n) is 11.5. The Hall–Kier alpha value is 0.280. The van der Waals surface area contributed by atoms with E-state index < -0.39 is 18.6 Å². The fraction of sp³-hybridized carbons (Fsp3) is 0.538. The molecule has 9 heteroatoms. The highest BCUT2D eigenvalue weighted by atomic mass is 79.9. The van der Waals surface area contributed by atoms with Gasteiger partial charge in [-0.1, -0.05) is 27.5 Å². The van der Waals surface area contributed by atoms with Crippen LogP contribution in [0.1, 0.15) is 18.0 Å². The van der Waals surface area contributed by atoms with Gasteiger partial charge in [-0.05, 0) is 23.8 Å². The van der Waals surface area contributed by atoms with E-state index in [-0.39, 0.29) is 24.8 Å². The summed E-state index contributed by atoms with van der Waals surface area (Å²) in [6, 6.07) is 4.27. The summed E-state index contributed by atoms with van der Waals surface area (Å²) in [6.07, 6.45) is -5.08. The summed E-state index contributed by atoms with van der Waals surface area (Å²) in [5.41, 5.74) is 0.594. The fourth-order valence-corrected chi connectivity index (χ4v) is 3.11. The van der Waals surface area contributed by atoms with E-state index in [1.807, 2.05) is 4.90 Å². The molecule has 1 fully saturated rings. The molecule has 1 aliphatic rings. The van der Waals surface area contributed by atoms with E-state index in [2.05, 4.69) is 21.2 Å². The Balaban J connectivity index is 0.00000220. The maximum Gasteiger partial charge on any atom is 0.390 e. The smallest absolute Gasteiger partial charge is 0.314 e. The van der Waals surface area contributed by atoms with Gasteiger partial charge in [-0.2, -0.15) is 13.2 Å². The molecule has 1 heterocycles. The van der Waals surface area contributed by atoms with Crippen LogP contribution in [0.3, 0.4) is 0 Å². The number of hydrogen-bond donors (Lipinski definition) is 1. The van der Waals surface area contributed by atoms with Crippen LogP contribution >= 0.6 is 52.3 Å². The third kappa shape index (κ3) is 6.42. The van der Waals surface area contributed by atoms with Gasteiger partial charge in [0.15, 0.2) is 0 Å². The van der Waals surface area contributed by atoms with Crippen LogP contribution in [-0.4, -0.2) is 37.3 Å². The second-order valence-corrected chi connectivity index (χ2v) is 6.08. The molecule has 2 rings (SSSR count). The monoisotopic (exact) mass is 442 g/mol. The highest BCUT2D eigenvalue weighted by molar-refractivity contribution is 9.10. The largest absolute Gasteiger partial charge is 0.390 e. The topological polar surface area (TPSA) is 15.3 Å². The zero-order chi connectivity index (χ0) is 14.8. The number of nitrogens with zero attached hydrogens (tertiary/aromatic N) is 1. The van der Waals surface area contributed by atoms with Crippen molar-refractivity contribution in [1.29, 1.82) is 0 Å². The number of rotatable bonds is 3. The Morgan fingerprint density at radius 1 is 1.23 bits per heavy atom. The second-order valence-electron chi connectivity index (χ2n) is 4.79. The molecular weight excluding hydrogens is 427 g/mol. The summed E-state index contributed by atoms with van der Waals surface area (Å²) in [5, 5.41) is 3.60. The molecule has 1 aromatic carbocycles. The minimum Gasteiger partial charge on any atom is -0.314 e. The molecule has 1 aromatic rings. The number of halogens is 7. The van der Waals surface area contributed by atoms with Crippen LogP contribution in [0.25, 0.3) is 0 Å². The first-order chi connectivity index (χ1) is 9.37. The minimum absolute atomic E-state index is 0. The Bertz CT molecular complexity index is 468. The highest BCUT2D eigenvalue weighted by Crippen LogP contribution is 2.38. The number of hydrogen-bond acceptors (Lipinski definition) is 2. The Kier molecular flexibility index (Phi) is 9.67. The molecule has 0 amide bonds. The molecule has 2 nitrogen and oxygen atoms in total. The SMILES string of the molecule is Cl.Cl.FC(F)(F)C[C@H](c1cc(Cl)ccc1Br)N1CCNCC1. The van der Waals surface area contributed by atoms with Crippen molar-refractivity contribution in [3.05, 3.63) is 33.3 Å². The van der Waals surface area contributed by atoms with E-state index in [1.54, 1.807) is 18.2 Å². The third-order valence-corrected chi connectivity index (χ3v) is 4.29. The van der Waals surface area contributed by atoms with Crippen molar-refractivity contribution in [3.63, 3.8) is 0 Å². The van der Waals surface area contributed by atoms with E-state index in [0.717, 1.165) is 0 Å². The van der Waals surface area contributed by atoms with Crippen LogP contribution in [-0.2, 0) is 0 Å². The molecule has 0 bridgehead atoms. The number of benzene rings is 1. The van der Waals surface area contributed by atoms with Gasteiger partial charge >= 0.3 is 6.18 Å². The molecule has 1 N–H and O–H groups in total. The van der Waals surface area contributed by atoms with Crippen molar-refractivity contribution in [2.45, 2.75) is 18.6 Å². The molecule has 22 heavy (non-hydrogen) atoms. The van der Waals surface area contributed by atoms with Crippen LogP contribution in [0.15, 0.2) is 22.7 Å². The summed E-state index contributed by atoms with van der Waals surface area (Å²) in [4.78, 5) is 1.86. The number of piperazine rings is 1. The molecule has 0 saturated carbocycles. The molecule has 1 atom stereocenters. The molecule has 1 saturated heterocycles. The Morgan fingerprint density at radius 2 is 1.82 bits per heavy atom. The maximum atomic E-state index is 12.9. The number of nitrogens with one attached hydrogen (secondary N) is 1. The normalized spacial score (nSPS) is 17.3. The predicted molar refractivity (Wildman–Crippen MR) is 91.5 cm³/mol. The second kappa shape index (κ2) is 9.55. The number of alkyl halides is 3. The van der Waals surface area contributed by atoms with Gasteiger partial charge in [0.1, 0.15) is 0 Å². The highest BCUT2D eigenvalue weighted by Gasteiger charge is 2.36. The molecular formula is C13H17BrCl3F3N2. The fourth-order valence-electron chi connectivity index (χ4n) is 2.42. The zero-order valence-corrected chi connectivity index (χ0v) is 15.5. The van der Waals surface area contributed by atoms with Crippen LogP contribution in [0.4, 0.5) is 13.2 Å². The molecule has 1 aliphatic heterocycles. The minimum atomic E-state index is -4.21. The van der Waals surface area contributed by atoms with Gasteiger partial charge in [0.05, 0.1) is 6.42 Å². The predicted octanol–water partition coefficient (Wildman–Crippen LogP) is 4.84. The van der Waals surface area contributed by atoms with Crippen LogP contribution < -0.4 is 5.32 Å². The first-order valence-corrected chi connectivity index (χ1v) is 7.50. The summed E-state index contributed by atoms with van der Waals surface area (Å²) >= 11 is 9.28. The molecule has 0 aromatic heterocycles.